The van der Waals surface area contributed by atoms with Gasteiger partial charge in [0.1, 0.15) is 0 Å². The maximum Gasteiger partial charge on any atom is 0.0925 e. The summed E-state index contributed by atoms with van der Waals surface area (Å²) in [4.78, 5) is 0. The fraction of sp³-hybridized carbons (Fsp3) is 0. The second kappa shape index (κ2) is 4.67. The molecule has 1 nitrogen and oxygen atoms in total. The van der Waals surface area contributed by atoms with Crippen molar-refractivity contribution >= 4 is 28.9 Å². The van der Waals surface area contributed by atoms with E-state index in [0.29, 0.717) is 0 Å². The summed E-state index contributed by atoms with van der Waals surface area (Å²) in [7, 11) is 0. The van der Waals surface area contributed by atoms with E-state index in [-0.39, 0.29) is 0 Å². The molecule has 0 fully saturated rings. The van der Waals surface area contributed by atoms with Gasteiger partial charge in [-0.25, -0.2) is 0 Å². The molecule has 3 aromatic carbocycles. The molecule has 0 aliphatic carbocycles. The van der Waals surface area contributed by atoms with Crippen molar-refractivity contribution < 1.29 is 0 Å². The summed E-state index contributed by atoms with van der Waals surface area (Å²) in [6, 6.07) is 22.6. The first-order chi connectivity index (χ1) is 8.90. The number of rotatable bonds is 2. The number of hydrogen-bond donors (Lipinski definition) is 0. The third-order valence-electron chi connectivity index (χ3n) is 3.08. The first-order valence-electron chi connectivity index (χ1n) is 5.80. The van der Waals surface area contributed by atoms with E-state index in [1.807, 2.05) is 30.3 Å². The first kappa shape index (κ1) is 11.1. The SMILES string of the molecule is S=Nc1c(-c2ccccc2)ccc2ccccc12. The summed E-state index contributed by atoms with van der Waals surface area (Å²) in [5.74, 6) is 0. The molecule has 0 N–H and O–H groups in total. The fourth-order valence-corrected chi connectivity index (χ4v) is 2.40. The van der Waals surface area contributed by atoms with Crippen LogP contribution in [-0.4, -0.2) is 0 Å². The molecule has 0 bridgehead atoms. The normalized spacial score (nSPS) is 10.4. The third-order valence-corrected chi connectivity index (χ3v) is 3.26. The van der Waals surface area contributed by atoms with Gasteiger partial charge in [0.25, 0.3) is 0 Å². The topological polar surface area (TPSA) is 12.4 Å². The Morgan fingerprint density at radius 2 is 1.44 bits per heavy atom. The van der Waals surface area contributed by atoms with Gasteiger partial charge in [0.15, 0.2) is 0 Å². The Labute approximate surface area is 111 Å². The lowest BCUT2D eigenvalue weighted by atomic mass is 9.99. The Morgan fingerprint density at radius 1 is 0.722 bits per heavy atom. The van der Waals surface area contributed by atoms with Crippen LogP contribution in [-0.2, 0) is 12.4 Å². The molecular formula is C16H11NS. The zero-order valence-corrected chi connectivity index (χ0v) is 10.5. The van der Waals surface area contributed by atoms with Crippen LogP contribution >= 0.6 is 0 Å². The summed E-state index contributed by atoms with van der Waals surface area (Å²) < 4.78 is 4.06. The number of fused-ring (bicyclic) bond motifs is 1. The molecule has 0 saturated heterocycles. The Balaban J connectivity index is 2.34. The quantitative estimate of drug-likeness (QED) is 0.631. The van der Waals surface area contributed by atoms with Crippen molar-refractivity contribution in [2.24, 2.45) is 4.36 Å². The van der Waals surface area contributed by atoms with E-state index in [2.05, 4.69) is 40.8 Å². The van der Waals surface area contributed by atoms with E-state index in [9.17, 15) is 0 Å². The van der Waals surface area contributed by atoms with Crippen LogP contribution in [0.3, 0.4) is 0 Å². The maximum absolute atomic E-state index is 4.96. The third kappa shape index (κ3) is 1.81. The van der Waals surface area contributed by atoms with Gasteiger partial charge in [-0.3, -0.25) is 0 Å². The van der Waals surface area contributed by atoms with E-state index in [1.54, 1.807) is 0 Å². The molecule has 0 saturated carbocycles. The minimum Gasteiger partial charge on any atom is -0.180 e. The molecule has 86 valence electrons. The van der Waals surface area contributed by atoms with Crippen LogP contribution in [0.2, 0.25) is 0 Å². The summed E-state index contributed by atoms with van der Waals surface area (Å²) in [5, 5.41) is 2.27. The van der Waals surface area contributed by atoms with Gasteiger partial charge >= 0.3 is 0 Å². The summed E-state index contributed by atoms with van der Waals surface area (Å²) in [5.41, 5.74) is 3.12. The Morgan fingerprint density at radius 3 is 2.22 bits per heavy atom. The molecule has 3 rings (SSSR count). The van der Waals surface area contributed by atoms with Crippen molar-refractivity contribution in [1.82, 2.24) is 0 Å². The first-order valence-corrected chi connectivity index (χ1v) is 6.17. The lowest BCUT2D eigenvalue weighted by molar-refractivity contribution is 1.58. The standard InChI is InChI=1S/C16H11NS/c18-17-16-14-9-5-4-8-13(14)10-11-15(16)12-6-2-1-3-7-12/h1-11H. The minimum absolute atomic E-state index is 0.884. The van der Waals surface area contributed by atoms with Gasteiger partial charge in [0.2, 0.25) is 0 Å². The monoisotopic (exact) mass is 249 g/mol. The lowest BCUT2D eigenvalue weighted by Crippen LogP contribution is -1.81. The number of benzene rings is 3. The minimum atomic E-state index is 0.884. The molecule has 0 amide bonds. The van der Waals surface area contributed by atoms with Crippen molar-refractivity contribution in [3.05, 3.63) is 66.7 Å². The molecule has 3 aromatic rings. The predicted octanol–water partition coefficient (Wildman–Crippen LogP) is 4.87. The van der Waals surface area contributed by atoms with E-state index in [0.717, 1.165) is 22.2 Å². The van der Waals surface area contributed by atoms with Crippen LogP contribution in [0, 0.1) is 0 Å². The van der Waals surface area contributed by atoms with Crippen molar-refractivity contribution in [2.75, 3.05) is 0 Å². The van der Waals surface area contributed by atoms with Gasteiger partial charge in [0.05, 0.1) is 5.69 Å². The molecule has 0 spiro atoms. The lowest BCUT2D eigenvalue weighted by Gasteiger charge is -2.08. The van der Waals surface area contributed by atoms with Crippen LogP contribution in [0.15, 0.2) is 71.1 Å². The summed E-state index contributed by atoms with van der Waals surface area (Å²) in [6.07, 6.45) is 0. The molecule has 0 unspecified atom stereocenters. The van der Waals surface area contributed by atoms with E-state index in [1.165, 1.54) is 5.39 Å². The summed E-state index contributed by atoms with van der Waals surface area (Å²) >= 11 is 4.96. The highest BCUT2D eigenvalue weighted by Crippen LogP contribution is 2.36. The van der Waals surface area contributed by atoms with Crippen LogP contribution in [0.1, 0.15) is 0 Å². The molecule has 0 heterocycles. The Bertz CT molecular complexity index is 705. The Kier molecular flexibility index (Phi) is 2.87. The van der Waals surface area contributed by atoms with Crippen molar-refractivity contribution in [1.29, 1.82) is 0 Å². The smallest absolute Gasteiger partial charge is 0.0925 e. The summed E-state index contributed by atoms with van der Waals surface area (Å²) in [6.45, 7) is 0. The zero-order valence-electron chi connectivity index (χ0n) is 9.71. The highest BCUT2D eigenvalue weighted by atomic mass is 32.1. The Hall–Kier alpha value is -2.06. The van der Waals surface area contributed by atoms with Gasteiger partial charge in [-0.1, -0.05) is 66.7 Å². The van der Waals surface area contributed by atoms with Crippen molar-refractivity contribution in [2.45, 2.75) is 0 Å². The average Bonchev–Trinajstić information content (AvgIpc) is 2.47. The second-order valence-electron chi connectivity index (χ2n) is 4.14. The van der Waals surface area contributed by atoms with Gasteiger partial charge in [-0.05, 0) is 10.9 Å². The molecule has 0 radical (unpaired) electrons. The molecule has 0 aliphatic rings. The molecule has 0 aromatic heterocycles. The van der Waals surface area contributed by atoms with E-state index < -0.39 is 0 Å². The zero-order chi connectivity index (χ0) is 12.4. The average molecular weight is 249 g/mol. The van der Waals surface area contributed by atoms with Crippen LogP contribution in [0.25, 0.3) is 21.9 Å². The van der Waals surface area contributed by atoms with Gasteiger partial charge < -0.3 is 0 Å². The van der Waals surface area contributed by atoms with Crippen LogP contribution in [0.4, 0.5) is 5.69 Å². The van der Waals surface area contributed by atoms with E-state index in [4.69, 9.17) is 12.4 Å². The van der Waals surface area contributed by atoms with Gasteiger partial charge in [0, 0.05) is 23.4 Å². The molecule has 18 heavy (non-hydrogen) atoms. The molecule has 0 aliphatic heterocycles. The number of nitrogens with zero attached hydrogens (tertiary/aromatic N) is 1. The largest absolute Gasteiger partial charge is 0.180 e. The highest BCUT2D eigenvalue weighted by Gasteiger charge is 2.07. The maximum atomic E-state index is 4.96. The highest BCUT2D eigenvalue weighted by molar-refractivity contribution is 7.47. The van der Waals surface area contributed by atoms with Gasteiger partial charge in [-0.2, -0.15) is 4.36 Å². The van der Waals surface area contributed by atoms with Crippen molar-refractivity contribution in [3.63, 3.8) is 0 Å². The molecule has 0 atom stereocenters. The van der Waals surface area contributed by atoms with Crippen LogP contribution < -0.4 is 0 Å². The van der Waals surface area contributed by atoms with Gasteiger partial charge in [-0.15, -0.1) is 0 Å². The second-order valence-corrected chi connectivity index (χ2v) is 4.32. The fourth-order valence-electron chi connectivity index (χ4n) is 2.20. The van der Waals surface area contributed by atoms with Crippen molar-refractivity contribution in [3.8, 4) is 11.1 Å². The van der Waals surface area contributed by atoms with Crippen LogP contribution in [0.5, 0.6) is 0 Å². The number of hydrogen-bond acceptors (Lipinski definition) is 2. The van der Waals surface area contributed by atoms with E-state index >= 15 is 0 Å². The molecular weight excluding hydrogens is 238 g/mol. The molecule has 2 heteroatoms. The predicted molar refractivity (Wildman–Crippen MR) is 78.8 cm³/mol.